The molecule has 1 aliphatic heterocycles. The van der Waals surface area contributed by atoms with E-state index in [1.165, 1.54) is 6.20 Å². The number of rotatable bonds is 11. The van der Waals surface area contributed by atoms with E-state index in [-0.39, 0.29) is 13.2 Å². The average Bonchev–Trinajstić information content (AvgIpc) is 3.19. The molecule has 1 aromatic heterocycles. The third kappa shape index (κ3) is 6.56. The first-order valence-corrected chi connectivity index (χ1v) is 12.7. The van der Waals surface area contributed by atoms with Crippen LogP contribution in [-0.2, 0) is 36.1 Å². The number of phosphoric ester groups is 1. The van der Waals surface area contributed by atoms with E-state index in [4.69, 9.17) is 24.0 Å². The minimum Gasteiger partial charge on any atom is -0.387 e. The van der Waals surface area contributed by atoms with Crippen molar-refractivity contribution >= 4 is 13.7 Å². The summed E-state index contributed by atoms with van der Waals surface area (Å²) in [6.07, 6.45) is -3.40. The van der Waals surface area contributed by atoms with E-state index in [1.54, 1.807) is 48.5 Å². The summed E-state index contributed by atoms with van der Waals surface area (Å²) in [5.74, 6) is -1.06. The van der Waals surface area contributed by atoms with Crippen molar-refractivity contribution in [2.75, 3.05) is 6.61 Å². The highest BCUT2D eigenvalue weighted by molar-refractivity contribution is 7.48. The van der Waals surface area contributed by atoms with Crippen LogP contribution in [0.25, 0.3) is 0 Å². The lowest BCUT2D eigenvalue weighted by Crippen LogP contribution is -2.38. The second-order valence-corrected chi connectivity index (χ2v) is 9.83. The Hall–Kier alpha value is -3.22. The van der Waals surface area contributed by atoms with Crippen LogP contribution < -0.4 is 11.3 Å². The molecule has 3 aromatic rings. The van der Waals surface area contributed by atoms with Crippen molar-refractivity contribution in [1.82, 2.24) is 9.55 Å². The maximum Gasteiger partial charge on any atom is 0.475 e. The molecule has 1 fully saturated rings. The van der Waals surface area contributed by atoms with Gasteiger partial charge >= 0.3 is 7.82 Å². The van der Waals surface area contributed by atoms with E-state index in [9.17, 15) is 24.4 Å². The van der Waals surface area contributed by atoms with Crippen molar-refractivity contribution in [3.05, 3.63) is 100 Å². The zero-order valence-corrected chi connectivity index (χ0v) is 20.4. The molecule has 1 amide bonds. The second-order valence-electron chi connectivity index (χ2n) is 8.16. The largest absolute Gasteiger partial charge is 0.475 e. The molecule has 0 radical (unpaired) electrons. The number of nitrogens with zero attached hydrogens (tertiary/aromatic N) is 2. The molecule has 37 heavy (non-hydrogen) atoms. The van der Waals surface area contributed by atoms with E-state index >= 15 is 0 Å². The van der Waals surface area contributed by atoms with Crippen LogP contribution in [0.15, 0.2) is 77.9 Å². The number of carbonyl (C=O) groups excluding carboxylic acids is 1. The summed E-state index contributed by atoms with van der Waals surface area (Å²) in [4.78, 5) is 27.6. The minimum atomic E-state index is -4.18. The van der Waals surface area contributed by atoms with E-state index in [0.29, 0.717) is 0 Å². The molecule has 0 saturated carbocycles. The third-order valence-corrected chi connectivity index (χ3v) is 6.93. The zero-order valence-electron chi connectivity index (χ0n) is 19.5. The molecule has 1 saturated heterocycles. The molecule has 2 heterocycles. The quantitative estimate of drug-likeness (QED) is 0.308. The Bertz CT molecular complexity index is 1260. The fourth-order valence-corrected chi connectivity index (χ4v) is 4.79. The number of aromatic nitrogens is 2. The van der Waals surface area contributed by atoms with Crippen LogP contribution >= 0.6 is 7.82 Å². The van der Waals surface area contributed by atoms with Gasteiger partial charge in [-0.3, -0.25) is 27.7 Å². The van der Waals surface area contributed by atoms with Crippen LogP contribution in [-0.4, -0.2) is 50.6 Å². The summed E-state index contributed by atoms with van der Waals surface area (Å²) in [6.45, 7) is -0.652. The van der Waals surface area contributed by atoms with Crippen molar-refractivity contribution < 1.29 is 37.9 Å². The van der Waals surface area contributed by atoms with E-state index < -0.39 is 56.1 Å². The van der Waals surface area contributed by atoms with Crippen LogP contribution in [0.2, 0.25) is 0 Å². The summed E-state index contributed by atoms with van der Waals surface area (Å²) in [5.41, 5.74) is 5.15. The van der Waals surface area contributed by atoms with E-state index in [2.05, 4.69) is 4.98 Å². The predicted molar refractivity (Wildman–Crippen MR) is 129 cm³/mol. The molecular formula is C24H26N3O9P. The molecule has 12 nitrogen and oxygen atoms in total. The first kappa shape index (κ1) is 26.8. The van der Waals surface area contributed by atoms with Crippen LogP contribution in [0.1, 0.15) is 27.8 Å². The average molecular weight is 531 g/mol. The second kappa shape index (κ2) is 11.9. The predicted octanol–water partition coefficient (Wildman–Crippen LogP) is 1.52. The molecule has 4 rings (SSSR count). The molecule has 0 spiro atoms. The van der Waals surface area contributed by atoms with Gasteiger partial charge in [-0.1, -0.05) is 60.7 Å². The maximum absolute atomic E-state index is 13.4. The maximum atomic E-state index is 13.4. The van der Waals surface area contributed by atoms with Gasteiger partial charge in [0.1, 0.15) is 18.3 Å². The lowest BCUT2D eigenvalue weighted by atomic mass is 10.1. The number of hydrogen-bond donors (Lipinski definition) is 3. The number of primary amides is 1. The molecule has 4 atom stereocenters. The minimum absolute atomic E-state index is 0.0749. The molecule has 1 aliphatic rings. The number of aliphatic hydroxyl groups excluding tert-OH is 2. The highest BCUT2D eigenvalue weighted by atomic mass is 31.2. The SMILES string of the molecule is NC(=O)c1nccn([C@@H]2O[C@@H](COP(=O)(OCc3ccccc3)OCc3ccccc3)[C@@H](O)[C@@H]2O)c1=O. The summed E-state index contributed by atoms with van der Waals surface area (Å²) in [6, 6.07) is 17.9. The van der Waals surface area contributed by atoms with Crippen LogP contribution in [0, 0.1) is 0 Å². The van der Waals surface area contributed by atoms with Gasteiger partial charge in [-0.05, 0) is 11.1 Å². The van der Waals surface area contributed by atoms with Gasteiger partial charge in [-0.2, -0.15) is 0 Å². The molecule has 0 bridgehead atoms. The van der Waals surface area contributed by atoms with Crippen molar-refractivity contribution in [2.24, 2.45) is 5.73 Å². The van der Waals surface area contributed by atoms with Gasteiger partial charge in [0.05, 0.1) is 19.8 Å². The van der Waals surface area contributed by atoms with E-state index in [1.807, 2.05) is 12.1 Å². The Balaban J connectivity index is 1.47. The summed E-state index contributed by atoms with van der Waals surface area (Å²) < 4.78 is 36.5. The number of carbonyl (C=O) groups is 1. The van der Waals surface area contributed by atoms with Gasteiger partial charge in [0, 0.05) is 12.4 Å². The van der Waals surface area contributed by atoms with E-state index in [0.717, 1.165) is 21.9 Å². The highest BCUT2D eigenvalue weighted by Crippen LogP contribution is 2.51. The lowest BCUT2D eigenvalue weighted by Gasteiger charge is -2.21. The Morgan fingerprint density at radius 3 is 2.08 bits per heavy atom. The Morgan fingerprint density at radius 2 is 1.54 bits per heavy atom. The lowest BCUT2D eigenvalue weighted by molar-refractivity contribution is -0.0564. The van der Waals surface area contributed by atoms with Crippen molar-refractivity contribution in [3.63, 3.8) is 0 Å². The Kier molecular flexibility index (Phi) is 8.62. The van der Waals surface area contributed by atoms with Crippen LogP contribution in [0.3, 0.4) is 0 Å². The monoisotopic (exact) mass is 531 g/mol. The zero-order chi connectivity index (χ0) is 26.4. The number of nitrogens with two attached hydrogens (primary N) is 1. The molecule has 196 valence electrons. The summed E-state index contributed by atoms with van der Waals surface area (Å²) >= 11 is 0. The van der Waals surface area contributed by atoms with Gasteiger partial charge < -0.3 is 20.7 Å². The fraction of sp³-hybridized carbons (Fsp3) is 0.292. The molecule has 0 aliphatic carbocycles. The Morgan fingerprint density at radius 1 is 0.973 bits per heavy atom. The molecule has 0 unspecified atom stereocenters. The Labute approximate surface area is 211 Å². The first-order chi connectivity index (χ1) is 17.8. The number of ether oxygens (including phenoxy) is 1. The number of benzene rings is 2. The fourth-order valence-electron chi connectivity index (χ4n) is 3.62. The molecule has 2 aromatic carbocycles. The van der Waals surface area contributed by atoms with Gasteiger partial charge in [-0.15, -0.1) is 0 Å². The third-order valence-electron chi connectivity index (χ3n) is 5.57. The number of aliphatic hydroxyl groups is 2. The first-order valence-electron chi connectivity index (χ1n) is 11.3. The standard InChI is InChI=1S/C24H26N3O9P/c25-22(30)19-23(31)27(12-11-26-19)24-21(29)20(28)18(36-24)15-35-37(32,33-13-16-7-3-1-4-8-16)34-14-17-9-5-2-6-10-17/h1-12,18,20-21,24,28-29H,13-15H2,(H2,25,30)/t18-,20+,21-,24+/m0/s1. The van der Waals surface area contributed by atoms with Gasteiger partial charge in [0.15, 0.2) is 11.9 Å². The van der Waals surface area contributed by atoms with Gasteiger partial charge in [0.25, 0.3) is 11.5 Å². The number of hydrogen-bond acceptors (Lipinski definition) is 10. The van der Waals surface area contributed by atoms with Gasteiger partial charge in [0.2, 0.25) is 0 Å². The molecular weight excluding hydrogens is 505 g/mol. The highest BCUT2D eigenvalue weighted by Gasteiger charge is 2.45. The normalized spacial score (nSPS) is 21.7. The number of phosphoric acid groups is 1. The van der Waals surface area contributed by atoms with Crippen molar-refractivity contribution in [2.45, 2.75) is 37.8 Å². The van der Waals surface area contributed by atoms with Gasteiger partial charge in [-0.25, -0.2) is 9.55 Å². The topological polar surface area (TPSA) is 172 Å². The van der Waals surface area contributed by atoms with Crippen molar-refractivity contribution in [3.8, 4) is 0 Å². The van der Waals surface area contributed by atoms with Crippen LogP contribution in [0.4, 0.5) is 0 Å². The summed E-state index contributed by atoms with van der Waals surface area (Å²) in [5, 5.41) is 21.0. The molecule has 13 heteroatoms. The smallest absolute Gasteiger partial charge is 0.387 e. The van der Waals surface area contributed by atoms with Crippen molar-refractivity contribution in [1.29, 1.82) is 0 Å². The van der Waals surface area contributed by atoms with Crippen LogP contribution in [0.5, 0.6) is 0 Å². The number of amides is 1. The summed E-state index contributed by atoms with van der Waals surface area (Å²) in [7, 11) is -4.18. The molecule has 4 N–H and O–H groups in total.